The molecule has 0 saturated heterocycles. The number of para-hydroxylation sites is 1. The number of fused-ring (bicyclic) bond motifs is 1. The molecule has 0 saturated carbocycles. The van der Waals surface area contributed by atoms with Crippen LogP contribution in [0.4, 0.5) is 0 Å². The van der Waals surface area contributed by atoms with E-state index >= 15 is 0 Å². The molecule has 0 unspecified atom stereocenters. The summed E-state index contributed by atoms with van der Waals surface area (Å²) >= 11 is 1.59. The van der Waals surface area contributed by atoms with Crippen molar-refractivity contribution in [2.24, 2.45) is 0 Å². The first kappa shape index (κ1) is 31.0. The summed E-state index contributed by atoms with van der Waals surface area (Å²) in [4.78, 5) is 41.4. The maximum atomic E-state index is 12.9. The lowest BCUT2D eigenvalue weighted by Crippen LogP contribution is -2.11. The number of esters is 3. The van der Waals surface area contributed by atoms with E-state index in [1.807, 2.05) is 36.4 Å². The standard InChI is InChI=1S/C35H29NO8S/c1-3-32(37)42-21-7-6-20-41-26-15-12-24(13-16-26)34(38)44-29-19-14-25(22-30(29)40-2)35(39)43-27-17-10-23(11-18-27)33-36-28-8-4-5-9-31(28)45-33/h3-5,8-19,22H,1,6-7,20-21H2,2H3. The summed E-state index contributed by atoms with van der Waals surface area (Å²) in [5.41, 5.74) is 2.39. The largest absolute Gasteiger partial charge is 0.494 e. The summed E-state index contributed by atoms with van der Waals surface area (Å²) < 4.78 is 28.2. The summed E-state index contributed by atoms with van der Waals surface area (Å²) in [6, 6.07) is 26.0. The van der Waals surface area contributed by atoms with Crippen LogP contribution < -0.4 is 18.9 Å². The molecule has 10 heteroatoms. The minimum absolute atomic E-state index is 0.150. The van der Waals surface area contributed by atoms with Gasteiger partial charge in [-0.3, -0.25) is 0 Å². The van der Waals surface area contributed by atoms with Gasteiger partial charge in [-0.2, -0.15) is 0 Å². The van der Waals surface area contributed by atoms with Crippen LogP contribution in [0.2, 0.25) is 0 Å². The zero-order valence-electron chi connectivity index (χ0n) is 24.4. The summed E-state index contributed by atoms with van der Waals surface area (Å²) in [5, 5.41) is 0.880. The van der Waals surface area contributed by atoms with Crippen molar-refractivity contribution in [3.8, 4) is 33.6 Å². The van der Waals surface area contributed by atoms with Crippen molar-refractivity contribution in [2.75, 3.05) is 20.3 Å². The predicted molar refractivity (Wildman–Crippen MR) is 170 cm³/mol. The van der Waals surface area contributed by atoms with E-state index in [9.17, 15) is 14.4 Å². The summed E-state index contributed by atoms with van der Waals surface area (Å²) in [7, 11) is 1.41. The van der Waals surface area contributed by atoms with E-state index in [2.05, 4.69) is 11.6 Å². The minimum atomic E-state index is -0.604. The molecule has 5 aromatic rings. The second kappa shape index (κ2) is 14.8. The number of hydrogen-bond donors (Lipinski definition) is 0. The molecule has 0 amide bonds. The van der Waals surface area contributed by atoms with Gasteiger partial charge in [-0.1, -0.05) is 18.7 Å². The first-order valence-corrected chi connectivity index (χ1v) is 14.9. The number of methoxy groups -OCH3 is 1. The van der Waals surface area contributed by atoms with Gasteiger partial charge in [0.1, 0.15) is 16.5 Å². The van der Waals surface area contributed by atoms with Crippen LogP contribution >= 0.6 is 11.3 Å². The van der Waals surface area contributed by atoms with E-state index in [-0.39, 0.29) is 17.1 Å². The molecule has 0 spiro atoms. The Morgan fingerprint density at radius 2 is 1.47 bits per heavy atom. The first-order valence-electron chi connectivity index (χ1n) is 14.0. The Balaban J connectivity index is 1.14. The van der Waals surface area contributed by atoms with Crippen LogP contribution in [0.3, 0.4) is 0 Å². The molecule has 5 rings (SSSR count). The fraction of sp³-hybridized carbons (Fsp3) is 0.143. The molecular weight excluding hydrogens is 594 g/mol. The van der Waals surface area contributed by atoms with E-state index in [0.717, 1.165) is 26.9 Å². The van der Waals surface area contributed by atoms with E-state index in [4.69, 9.17) is 23.7 Å². The van der Waals surface area contributed by atoms with E-state index in [0.29, 0.717) is 43.1 Å². The Bertz CT molecular complexity index is 1780. The number of hydrogen-bond acceptors (Lipinski definition) is 10. The van der Waals surface area contributed by atoms with Crippen LogP contribution in [0.5, 0.6) is 23.0 Å². The lowest BCUT2D eigenvalue weighted by atomic mass is 10.2. The Kier molecular flexibility index (Phi) is 10.2. The van der Waals surface area contributed by atoms with Gasteiger partial charge in [0.05, 0.1) is 41.7 Å². The Labute approximate surface area is 263 Å². The number of thiazole rings is 1. The van der Waals surface area contributed by atoms with Gasteiger partial charge < -0.3 is 23.7 Å². The number of carbonyl (C=O) groups is 3. The van der Waals surface area contributed by atoms with Gasteiger partial charge in [0.15, 0.2) is 11.5 Å². The van der Waals surface area contributed by atoms with Gasteiger partial charge in [0.25, 0.3) is 0 Å². The third kappa shape index (κ3) is 8.12. The van der Waals surface area contributed by atoms with Gasteiger partial charge in [0.2, 0.25) is 0 Å². The molecule has 0 aliphatic rings. The monoisotopic (exact) mass is 623 g/mol. The quantitative estimate of drug-likeness (QED) is 0.0577. The lowest BCUT2D eigenvalue weighted by molar-refractivity contribution is -0.137. The predicted octanol–water partition coefficient (Wildman–Crippen LogP) is 7.30. The van der Waals surface area contributed by atoms with Gasteiger partial charge in [-0.25, -0.2) is 19.4 Å². The molecule has 0 bridgehead atoms. The average molecular weight is 624 g/mol. The molecule has 1 aromatic heterocycles. The number of rotatable bonds is 13. The minimum Gasteiger partial charge on any atom is -0.494 e. The number of benzene rings is 4. The van der Waals surface area contributed by atoms with Gasteiger partial charge in [-0.05, 0) is 91.7 Å². The maximum absolute atomic E-state index is 12.9. The van der Waals surface area contributed by atoms with Crippen molar-refractivity contribution in [3.63, 3.8) is 0 Å². The number of ether oxygens (including phenoxy) is 5. The van der Waals surface area contributed by atoms with Crippen molar-refractivity contribution in [1.82, 2.24) is 4.98 Å². The van der Waals surface area contributed by atoms with Crippen LogP contribution in [0.15, 0.2) is 104 Å². The molecule has 228 valence electrons. The number of carbonyl (C=O) groups excluding carboxylic acids is 3. The average Bonchev–Trinajstić information content (AvgIpc) is 3.51. The van der Waals surface area contributed by atoms with Crippen LogP contribution in [-0.2, 0) is 9.53 Å². The van der Waals surface area contributed by atoms with Crippen LogP contribution in [-0.4, -0.2) is 43.2 Å². The van der Waals surface area contributed by atoms with Crippen LogP contribution in [0, 0.1) is 0 Å². The van der Waals surface area contributed by atoms with Crippen LogP contribution in [0.25, 0.3) is 20.8 Å². The van der Waals surface area contributed by atoms with E-state index < -0.39 is 17.9 Å². The van der Waals surface area contributed by atoms with Gasteiger partial charge in [0, 0.05) is 11.6 Å². The number of unbranched alkanes of at least 4 members (excludes halogenated alkanes) is 1. The smallest absolute Gasteiger partial charge is 0.343 e. The molecule has 9 nitrogen and oxygen atoms in total. The van der Waals surface area contributed by atoms with Crippen molar-refractivity contribution in [3.05, 3.63) is 115 Å². The van der Waals surface area contributed by atoms with Crippen molar-refractivity contribution in [1.29, 1.82) is 0 Å². The lowest BCUT2D eigenvalue weighted by Gasteiger charge is -2.11. The van der Waals surface area contributed by atoms with E-state index in [1.54, 1.807) is 47.7 Å². The fourth-order valence-electron chi connectivity index (χ4n) is 4.18. The molecule has 1 heterocycles. The second-order valence-electron chi connectivity index (χ2n) is 9.61. The molecule has 0 radical (unpaired) electrons. The fourth-order valence-corrected chi connectivity index (χ4v) is 5.15. The highest BCUT2D eigenvalue weighted by molar-refractivity contribution is 7.21. The second-order valence-corrected chi connectivity index (χ2v) is 10.6. The normalized spacial score (nSPS) is 10.6. The maximum Gasteiger partial charge on any atom is 0.343 e. The molecule has 0 atom stereocenters. The molecule has 4 aromatic carbocycles. The van der Waals surface area contributed by atoms with Crippen LogP contribution in [0.1, 0.15) is 33.6 Å². The molecule has 0 fully saturated rings. The summed E-state index contributed by atoms with van der Waals surface area (Å²) in [6.45, 7) is 4.07. The SMILES string of the molecule is C=CC(=O)OCCCCOc1ccc(C(=O)Oc2ccc(C(=O)Oc3ccc(-c4nc5ccccc5s4)cc3)cc2OC)cc1. The zero-order valence-corrected chi connectivity index (χ0v) is 25.2. The Hall–Kier alpha value is -5.48. The highest BCUT2D eigenvalue weighted by atomic mass is 32.1. The van der Waals surface area contributed by atoms with Gasteiger partial charge in [-0.15, -0.1) is 11.3 Å². The Morgan fingerprint density at radius 3 is 2.20 bits per heavy atom. The molecule has 0 N–H and O–H groups in total. The molecular formula is C35H29NO8S. The molecule has 45 heavy (non-hydrogen) atoms. The third-order valence-corrected chi connectivity index (χ3v) is 7.60. The molecule has 0 aliphatic carbocycles. The molecule has 0 aliphatic heterocycles. The van der Waals surface area contributed by atoms with Crippen molar-refractivity contribution in [2.45, 2.75) is 12.8 Å². The Morgan fingerprint density at radius 1 is 0.778 bits per heavy atom. The summed E-state index contributed by atoms with van der Waals surface area (Å²) in [6.07, 6.45) is 2.47. The number of aromatic nitrogens is 1. The first-order chi connectivity index (χ1) is 21.9. The van der Waals surface area contributed by atoms with Crippen molar-refractivity contribution >= 4 is 39.5 Å². The highest BCUT2D eigenvalue weighted by Crippen LogP contribution is 2.32. The topological polar surface area (TPSA) is 110 Å². The van der Waals surface area contributed by atoms with E-state index in [1.165, 1.54) is 25.3 Å². The summed E-state index contributed by atoms with van der Waals surface area (Å²) in [5.74, 6) is -0.338. The van der Waals surface area contributed by atoms with Gasteiger partial charge >= 0.3 is 17.9 Å². The number of nitrogens with zero attached hydrogens (tertiary/aromatic N) is 1. The zero-order chi connectivity index (χ0) is 31.6. The van der Waals surface area contributed by atoms with Crippen molar-refractivity contribution < 1.29 is 38.1 Å². The highest BCUT2D eigenvalue weighted by Gasteiger charge is 2.17. The third-order valence-electron chi connectivity index (χ3n) is 6.52.